The predicted octanol–water partition coefficient (Wildman–Crippen LogP) is 1.56. The zero-order chi connectivity index (χ0) is 25.7. The third-order valence-electron chi connectivity index (χ3n) is 6.84. The van der Waals surface area contributed by atoms with Crippen molar-refractivity contribution >= 4 is 23.7 Å². The lowest BCUT2D eigenvalue weighted by atomic mass is 9.93. The Labute approximate surface area is 206 Å². The first-order chi connectivity index (χ1) is 16.6. The van der Waals surface area contributed by atoms with Gasteiger partial charge in [0.15, 0.2) is 0 Å². The molecule has 1 aromatic rings. The van der Waals surface area contributed by atoms with Gasteiger partial charge in [0.25, 0.3) is 5.91 Å². The summed E-state index contributed by atoms with van der Waals surface area (Å²) in [6.07, 6.45) is 8.16. The average Bonchev–Trinajstić information content (AvgIpc) is 3.56. The minimum Gasteiger partial charge on any atom is -0.467 e. The lowest BCUT2D eigenvalue weighted by molar-refractivity contribution is -0.153. The van der Waals surface area contributed by atoms with Gasteiger partial charge in [-0.15, -0.1) is 0 Å². The summed E-state index contributed by atoms with van der Waals surface area (Å²) in [5, 5.41) is 5.55. The molecule has 1 saturated carbocycles. The standard InChI is InChI=1S/C25H37N5O5/c1-14(2)19(28-22(31)18-13-26-9-10-27-18)23(32)29-20(15(3)4)24(33)30-11-8-17(12-16-6-7-16)21(30)25(34)35-5/h9-10,13-17,19-21H,6-8,11-12H2,1-5H3,(H,28,31)(H,29,32)/t17-,19+,20+,21+/m1/s1. The largest absolute Gasteiger partial charge is 0.467 e. The summed E-state index contributed by atoms with van der Waals surface area (Å²) < 4.78 is 5.04. The molecule has 10 heteroatoms. The van der Waals surface area contributed by atoms with Gasteiger partial charge in [-0.05, 0) is 36.5 Å². The van der Waals surface area contributed by atoms with Crippen molar-refractivity contribution in [3.8, 4) is 0 Å². The summed E-state index contributed by atoms with van der Waals surface area (Å²) in [5.41, 5.74) is 0.0992. The number of hydrogen-bond donors (Lipinski definition) is 2. The zero-order valence-corrected chi connectivity index (χ0v) is 21.2. The van der Waals surface area contributed by atoms with Crippen molar-refractivity contribution in [1.29, 1.82) is 0 Å². The van der Waals surface area contributed by atoms with Gasteiger partial charge in [0.1, 0.15) is 23.8 Å². The second-order valence-electron chi connectivity index (χ2n) is 10.2. The first-order valence-electron chi connectivity index (χ1n) is 12.4. The molecule has 3 amide bonds. The third-order valence-corrected chi connectivity index (χ3v) is 6.84. The van der Waals surface area contributed by atoms with Crippen LogP contribution in [-0.4, -0.2) is 70.3 Å². The van der Waals surface area contributed by atoms with Gasteiger partial charge >= 0.3 is 5.97 Å². The summed E-state index contributed by atoms with van der Waals surface area (Å²) in [6.45, 7) is 7.76. The van der Waals surface area contributed by atoms with Crippen molar-refractivity contribution in [3.05, 3.63) is 24.3 Å². The molecule has 1 aromatic heterocycles. The Bertz CT molecular complexity index is 918. The Hall–Kier alpha value is -3.04. The fraction of sp³-hybridized carbons (Fsp3) is 0.680. The van der Waals surface area contributed by atoms with E-state index in [1.807, 2.05) is 27.7 Å². The van der Waals surface area contributed by atoms with E-state index in [1.54, 1.807) is 4.90 Å². The smallest absolute Gasteiger partial charge is 0.328 e. The number of rotatable bonds is 10. The zero-order valence-electron chi connectivity index (χ0n) is 21.2. The first kappa shape index (κ1) is 26.6. The van der Waals surface area contributed by atoms with Gasteiger partial charge < -0.3 is 20.3 Å². The molecule has 2 fully saturated rings. The minimum absolute atomic E-state index is 0.0668. The molecule has 0 aromatic carbocycles. The van der Waals surface area contributed by atoms with Crippen LogP contribution in [-0.2, 0) is 19.1 Å². The number of nitrogens with zero attached hydrogens (tertiary/aromatic N) is 3. The van der Waals surface area contributed by atoms with Crippen molar-refractivity contribution < 1.29 is 23.9 Å². The van der Waals surface area contributed by atoms with E-state index >= 15 is 0 Å². The molecule has 1 aliphatic heterocycles. The molecule has 10 nitrogen and oxygen atoms in total. The van der Waals surface area contributed by atoms with Crippen molar-refractivity contribution in [2.75, 3.05) is 13.7 Å². The number of aromatic nitrogens is 2. The minimum atomic E-state index is -0.879. The van der Waals surface area contributed by atoms with Crippen LogP contribution in [0.1, 0.15) is 63.9 Å². The highest BCUT2D eigenvalue weighted by Gasteiger charge is 2.46. The number of amides is 3. The van der Waals surface area contributed by atoms with Crippen molar-refractivity contribution in [2.45, 2.75) is 71.5 Å². The van der Waals surface area contributed by atoms with E-state index in [1.165, 1.54) is 38.5 Å². The Kier molecular flexibility index (Phi) is 8.80. The number of hydrogen-bond acceptors (Lipinski definition) is 7. The molecule has 0 bridgehead atoms. The van der Waals surface area contributed by atoms with E-state index in [2.05, 4.69) is 20.6 Å². The van der Waals surface area contributed by atoms with Crippen LogP contribution in [0, 0.1) is 23.7 Å². The molecule has 1 saturated heterocycles. The van der Waals surface area contributed by atoms with Crippen LogP contribution in [0.2, 0.25) is 0 Å². The Balaban J connectivity index is 1.73. The van der Waals surface area contributed by atoms with Gasteiger partial charge in [0.2, 0.25) is 11.8 Å². The Morgan fingerprint density at radius 1 is 1.03 bits per heavy atom. The van der Waals surface area contributed by atoms with E-state index in [4.69, 9.17) is 4.74 Å². The molecular weight excluding hydrogens is 450 g/mol. The molecule has 35 heavy (non-hydrogen) atoms. The predicted molar refractivity (Wildman–Crippen MR) is 128 cm³/mol. The highest BCUT2D eigenvalue weighted by Crippen LogP contribution is 2.40. The molecule has 3 rings (SSSR count). The van der Waals surface area contributed by atoms with E-state index in [0.717, 1.165) is 12.8 Å². The van der Waals surface area contributed by atoms with Crippen LogP contribution < -0.4 is 10.6 Å². The maximum absolute atomic E-state index is 13.6. The number of carbonyl (C=O) groups is 4. The molecule has 0 spiro atoms. The highest BCUT2D eigenvalue weighted by molar-refractivity contribution is 5.97. The van der Waals surface area contributed by atoms with Crippen LogP contribution >= 0.6 is 0 Å². The number of ether oxygens (including phenoxy) is 1. The maximum atomic E-state index is 13.6. The second kappa shape index (κ2) is 11.6. The van der Waals surface area contributed by atoms with E-state index < -0.39 is 35.9 Å². The van der Waals surface area contributed by atoms with Crippen molar-refractivity contribution in [2.24, 2.45) is 23.7 Å². The summed E-state index contributed by atoms with van der Waals surface area (Å²) in [7, 11) is 1.34. The van der Waals surface area contributed by atoms with Crippen LogP contribution in [0.5, 0.6) is 0 Å². The number of methoxy groups -OCH3 is 1. The topological polar surface area (TPSA) is 131 Å². The van der Waals surface area contributed by atoms with Crippen molar-refractivity contribution in [3.63, 3.8) is 0 Å². The second-order valence-corrected chi connectivity index (χ2v) is 10.2. The summed E-state index contributed by atoms with van der Waals surface area (Å²) in [4.78, 5) is 61.6. The monoisotopic (exact) mass is 487 g/mol. The molecule has 2 aliphatic rings. The van der Waals surface area contributed by atoms with Crippen LogP contribution in [0.3, 0.4) is 0 Å². The third kappa shape index (κ3) is 6.55. The van der Waals surface area contributed by atoms with E-state index in [0.29, 0.717) is 12.5 Å². The van der Waals surface area contributed by atoms with Gasteiger partial charge in [-0.1, -0.05) is 40.5 Å². The molecule has 0 unspecified atom stereocenters. The van der Waals surface area contributed by atoms with Gasteiger partial charge in [-0.2, -0.15) is 0 Å². The molecular formula is C25H37N5O5. The Morgan fingerprint density at radius 3 is 2.26 bits per heavy atom. The molecule has 1 aliphatic carbocycles. The SMILES string of the molecule is COC(=O)[C@@H]1[C@@H](CC2CC2)CCN1C(=O)[C@@H](NC(=O)[C@@H](NC(=O)c1cnccn1)C(C)C)C(C)C. The highest BCUT2D eigenvalue weighted by atomic mass is 16.5. The lowest BCUT2D eigenvalue weighted by Gasteiger charge is -2.32. The molecule has 2 N–H and O–H groups in total. The summed E-state index contributed by atoms with van der Waals surface area (Å²) in [5.74, 6) is -1.48. The fourth-order valence-electron chi connectivity index (χ4n) is 4.67. The van der Waals surface area contributed by atoms with Gasteiger partial charge in [-0.25, -0.2) is 9.78 Å². The van der Waals surface area contributed by atoms with Crippen LogP contribution in [0.4, 0.5) is 0 Å². The summed E-state index contributed by atoms with van der Waals surface area (Å²) in [6, 6.07) is -2.36. The van der Waals surface area contributed by atoms with Gasteiger partial charge in [-0.3, -0.25) is 19.4 Å². The van der Waals surface area contributed by atoms with Crippen molar-refractivity contribution in [1.82, 2.24) is 25.5 Å². The van der Waals surface area contributed by atoms with E-state index in [9.17, 15) is 19.2 Å². The molecule has 192 valence electrons. The van der Waals surface area contributed by atoms with E-state index in [-0.39, 0.29) is 29.4 Å². The normalized spacial score (nSPS) is 21.5. The molecule has 2 heterocycles. The number of carbonyl (C=O) groups excluding carboxylic acids is 4. The van der Waals surface area contributed by atoms with Crippen LogP contribution in [0.15, 0.2) is 18.6 Å². The van der Waals surface area contributed by atoms with Gasteiger partial charge in [0, 0.05) is 18.9 Å². The summed E-state index contributed by atoms with van der Waals surface area (Å²) >= 11 is 0. The number of nitrogens with one attached hydrogen (secondary N) is 2. The van der Waals surface area contributed by atoms with Crippen LogP contribution in [0.25, 0.3) is 0 Å². The quantitative estimate of drug-likeness (QED) is 0.479. The molecule has 4 atom stereocenters. The fourth-order valence-corrected chi connectivity index (χ4v) is 4.67. The van der Waals surface area contributed by atoms with Gasteiger partial charge in [0.05, 0.1) is 13.3 Å². The molecule has 0 radical (unpaired) electrons. The number of likely N-dealkylation sites (tertiary alicyclic amines) is 1. The first-order valence-corrected chi connectivity index (χ1v) is 12.4. The maximum Gasteiger partial charge on any atom is 0.328 e. The average molecular weight is 488 g/mol. The lowest BCUT2D eigenvalue weighted by Crippen LogP contribution is -2.59. The Morgan fingerprint density at radius 2 is 1.71 bits per heavy atom. The number of esters is 1.